The van der Waals surface area contributed by atoms with E-state index in [4.69, 9.17) is 0 Å². The predicted molar refractivity (Wildman–Crippen MR) is 83.7 cm³/mol. The van der Waals surface area contributed by atoms with Gasteiger partial charge in [0.25, 0.3) is 0 Å². The molecule has 1 heteroatoms. The Morgan fingerprint density at radius 3 is 2.40 bits per heavy atom. The smallest absolute Gasteiger partial charge is 0.163 e. The van der Waals surface area contributed by atoms with Crippen LogP contribution in [0.3, 0.4) is 0 Å². The third-order valence-electron chi connectivity index (χ3n) is 3.80. The molecule has 1 aliphatic rings. The van der Waals surface area contributed by atoms with E-state index in [0.717, 1.165) is 24.8 Å². The van der Waals surface area contributed by atoms with E-state index in [-0.39, 0.29) is 0 Å². The van der Waals surface area contributed by atoms with E-state index in [2.05, 4.69) is 30.4 Å². The molecule has 0 radical (unpaired) electrons. The summed E-state index contributed by atoms with van der Waals surface area (Å²) in [5.74, 6) is 0.302. The van der Waals surface area contributed by atoms with Crippen LogP contribution in [0.15, 0.2) is 48.5 Å². The molecule has 20 heavy (non-hydrogen) atoms. The Bertz CT molecular complexity index is 638. The Labute approximate surface area is 120 Å². The first kappa shape index (κ1) is 12.9. The number of aryl methyl sites for hydroxylation is 1. The molecule has 0 aliphatic heterocycles. The van der Waals surface area contributed by atoms with E-state index in [1.807, 2.05) is 30.3 Å². The minimum Gasteiger partial charge on any atom is -0.294 e. The number of carbonyl (C=O) groups excluding carboxylic acids is 1. The van der Waals surface area contributed by atoms with Gasteiger partial charge in [-0.2, -0.15) is 0 Å². The van der Waals surface area contributed by atoms with Crippen molar-refractivity contribution in [1.29, 1.82) is 0 Å². The monoisotopic (exact) mass is 262 g/mol. The zero-order valence-electron chi connectivity index (χ0n) is 11.5. The molecule has 100 valence electrons. The second kappa shape index (κ2) is 5.87. The Kier molecular flexibility index (Phi) is 3.78. The van der Waals surface area contributed by atoms with Crippen LogP contribution < -0.4 is 0 Å². The normalized spacial score (nSPS) is 15.1. The van der Waals surface area contributed by atoms with Gasteiger partial charge in [-0.3, -0.25) is 4.79 Å². The lowest BCUT2D eigenvalue weighted by Gasteiger charge is -2.05. The maximum atomic E-state index is 12.0. The standard InChI is InChI=1S/C19H18O/c20-19-9-5-4-8-17-14-16(12-13-18(17)19)11-10-15-6-2-1-3-7-15/h1-3,6-7,10-14H,4-5,8-9H2. The van der Waals surface area contributed by atoms with Gasteiger partial charge >= 0.3 is 0 Å². The number of fused-ring (bicyclic) bond motifs is 1. The first-order chi connectivity index (χ1) is 9.83. The molecule has 0 heterocycles. The minimum absolute atomic E-state index is 0.302. The summed E-state index contributed by atoms with van der Waals surface area (Å²) in [6.45, 7) is 0. The largest absolute Gasteiger partial charge is 0.294 e. The lowest BCUT2D eigenvalue weighted by molar-refractivity contribution is 0.0982. The van der Waals surface area contributed by atoms with Crippen molar-refractivity contribution in [1.82, 2.24) is 0 Å². The quantitative estimate of drug-likeness (QED) is 0.563. The molecule has 2 aromatic rings. The van der Waals surface area contributed by atoms with Crippen LogP contribution in [0.2, 0.25) is 0 Å². The number of carbonyl (C=O) groups is 1. The number of benzene rings is 2. The number of ketones is 1. The Balaban J connectivity index is 1.87. The molecule has 0 bridgehead atoms. The van der Waals surface area contributed by atoms with Gasteiger partial charge in [-0.05, 0) is 36.0 Å². The van der Waals surface area contributed by atoms with Crippen molar-refractivity contribution < 1.29 is 4.79 Å². The Morgan fingerprint density at radius 2 is 1.55 bits per heavy atom. The molecule has 0 saturated heterocycles. The number of Topliss-reactive ketones (excluding diaryl/α,β-unsaturated/α-hetero) is 1. The summed E-state index contributed by atoms with van der Waals surface area (Å²) < 4.78 is 0. The molecule has 3 rings (SSSR count). The molecular weight excluding hydrogens is 244 g/mol. The summed E-state index contributed by atoms with van der Waals surface area (Å²) in [6, 6.07) is 16.5. The van der Waals surface area contributed by atoms with Crippen molar-refractivity contribution in [2.24, 2.45) is 0 Å². The predicted octanol–water partition coefficient (Wildman–Crippen LogP) is 4.77. The van der Waals surface area contributed by atoms with Gasteiger partial charge in [-0.15, -0.1) is 0 Å². The average Bonchev–Trinajstić information content (AvgIpc) is 2.68. The topological polar surface area (TPSA) is 17.1 Å². The van der Waals surface area contributed by atoms with Crippen LogP contribution in [0.4, 0.5) is 0 Å². The van der Waals surface area contributed by atoms with E-state index in [1.54, 1.807) is 0 Å². The summed E-state index contributed by atoms with van der Waals surface area (Å²) in [6.07, 6.45) is 8.08. The Hall–Kier alpha value is -2.15. The highest BCUT2D eigenvalue weighted by Gasteiger charge is 2.14. The van der Waals surface area contributed by atoms with E-state index >= 15 is 0 Å². The van der Waals surface area contributed by atoms with Gasteiger partial charge in [0.05, 0.1) is 0 Å². The third-order valence-corrected chi connectivity index (χ3v) is 3.80. The van der Waals surface area contributed by atoms with Crippen LogP contribution in [0.5, 0.6) is 0 Å². The zero-order valence-corrected chi connectivity index (χ0v) is 11.5. The summed E-state index contributed by atoms with van der Waals surface area (Å²) in [5.41, 5.74) is 4.50. The van der Waals surface area contributed by atoms with Crippen molar-refractivity contribution in [3.05, 3.63) is 70.8 Å². The van der Waals surface area contributed by atoms with E-state index in [1.165, 1.54) is 16.7 Å². The third kappa shape index (κ3) is 2.88. The van der Waals surface area contributed by atoms with Gasteiger partial charge < -0.3 is 0 Å². The molecule has 0 N–H and O–H groups in total. The molecule has 1 nitrogen and oxygen atoms in total. The van der Waals surface area contributed by atoms with Crippen LogP contribution in [0.1, 0.15) is 46.3 Å². The number of hydrogen-bond acceptors (Lipinski definition) is 1. The fourth-order valence-corrected chi connectivity index (χ4v) is 2.69. The van der Waals surface area contributed by atoms with Crippen LogP contribution in [-0.4, -0.2) is 5.78 Å². The fourth-order valence-electron chi connectivity index (χ4n) is 2.69. The van der Waals surface area contributed by atoms with E-state index in [9.17, 15) is 4.79 Å². The van der Waals surface area contributed by atoms with Crippen LogP contribution in [0, 0.1) is 0 Å². The van der Waals surface area contributed by atoms with Crippen molar-refractivity contribution in [3.63, 3.8) is 0 Å². The van der Waals surface area contributed by atoms with Crippen LogP contribution in [-0.2, 0) is 6.42 Å². The molecule has 0 amide bonds. The molecule has 0 fully saturated rings. The summed E-state index contributed by atoms with van der Waals surface area (Å²) in [5, 5.41) is 0. The van der Waals surface area contributed by atoms with Gasteiger partial charge in [0.2, 0.25) is 0 Å². The second-order valence-corrected chi connectivity index (χ2v) is 5.29. The highest BCUT2D eigenvalue weighted by molar-refractivity contribution is 5.98. The van der Waals surface area contributed by atoms with Gasteiger partial charge in [-0.1, -0.05) is 60.7 Å². The van der Waals surface area contributed by atoms with Crippen molar-refractivity contribution in [2.45, 2.75) is 25.7 Å². The number of rotatable bonds is 2. The van der Waals surface area contributed by atoms with E-state index < -0.39 is 0 Å². The average molecular weight is 262 g/mol. The van der Waals surface area contributed by atoms with Crippen molar-refractivity contribution >= 4 is 17.9 Å². The molecule has 0 saturated carbocycles. The fraction of sp³-hybridized carbons (Fsp3) is 0.211. The molecule has 0 aromatic heterocycles. The molecule has 1 aliphatic carbocycles. The van der Waals surface area contributed by atoms with Crippen LogP contribution >= 0.6 is 0 Å². The molecule has 2 aromatic carbocycles. The lowest BCUT2D eigenvalue weighted by Crippen LogP contribution is -1.99. The molecule has 0 atom stereocenters. The Morgan fingerprint density at radius 1 is 0.800 bits per heavy atom. The van der Waals surface area contributed by atoms with Gasteiger partial charge in [0.1, 0.15) is 0 Å². The maximum Gasteiger partial charge on any atom is 0.163 e. The first-order valence-corrected chi connectivity index (χ1v) is 7.22. The minimum atomic E-state index is 0.302. The zero-order chi connectivity index (χ0) is 13.8. The van der Waals surface area contributed by atoms with Crippen molar-refractivity contribution in [3.8, 4) is 0 Å². The first-order valence-electron chi connectivity index (χ1n) is 7.22. The van der Waals surface area contributed by atoms with Gasteiger partial charge in [-0.25, -0.2) is 0 Å². The summed E-state index contributed by atoms with van der Waals surface area (Å²) in [4.78, 5) is 12.0. The molecular formula is C19H18O. The summed E-state index contributed by atoms with van der Waals surface area (Å²) >= 11 is 0. The molecule has 0 spiro atoms. The number of hydrogen-bond donors (Lipinski definition) is 0. The lowest BCUT2D eigenvalue weighted by atomic mass is 9.99. The van der Waals surface area contributed by atoms with Gasteiger partial charge in [0, 0.05) is 12.0 Å². The van der Waals surface area contributed by atoms with E-state index in [0.29, 0.717) is 12.2 Å². The van der Waals surface area contributed by atoms with Gasteiger partial charge in [0.15, 0.2) is 5.78 Å². The SMILES string of the molecule is O=C1CCCCc2cc(C=Cc3ccccc3)ccc21. The summed E-state index contributed by atoms with van der Waals surface area (Å²) in [7, 11) is 0. The molecule has 0 unspecified atom stereocenters. The second-order valence-electron chi connectivity index (χ2n) is 5.29. The highest BCUT2D eigenvalue weighted by atomic mass is 16.1. The van der Waals surface area contributed by atoms with Crippen molar-refractivity contribution in [2.75, 3.05) is 0 Å². The van der Waals surface area contributed by atoms with Crippen LogP contribution in [0.25, 0.3) is 12.2 Å². The highest BCUT2D eigenvalue weighted by Crippen LogP contribution is 2.22. The maximum absolute atomic E-state index is 12.0.